The summed E-state index contributed by atoms with van der Waals surface area (Å²) in [4.78, 5) is 30.3. The highest BCUT2D eigenvalue weighted by molar-refractivity contribution is 6.72. The van der Waals surface area contributed by atoms with Crippen LogP contribution in [-0.2, 0) is 28.1 Å². The molecule has 2 aliphatic heterocycles. The van der Waals surface area contributed by atoms with E-state index < -0.39 is 31.6 Å². The molecule has 2 aromatic carbocycles. The van der Waals surface area contributed by atoms with Gasteiger partial charge >= 0.3 is 0 Å². The number of allylic oxidation sites excluding steroid dienone is 3. The average molecular weight is 699 g/mol. The number of benzene rings is 2. The van der Waals surface area contributed by atoms with Crippen LogP contribution >= 0.6 is 0 Å². The van der Waals surface area contributed by atoms with Gasteiger partial charge in [-0.05, 0) is 77.4 Å². The van der Waals surface area contributed by atoms with E-state index in [1.54, 1.807) is 41.1 Å². The van der Waals surface area contributed by atoms with Crippen molar-refractivity contribution in [3.63, 3.8) is 0 Å². The van der Waals surface area contributed by atoms with E-state index in [-0.39, 0.29) is 18.1 Å². The Morgan fingerprint density at radius 3 is 2.64 bits per heavy atom. The highest BCUT2D eigenvalue weighted by atomic mass is 28.4. The second-order valence-electron chi connectivity index (χ2n) is 14.4. The summed E-state index contributed by atoms with van der Waals surface area (Å²) in [6, 6.07) is 12.8. The summed E-state index contributed by atoms with van der Waals surface area (Å²) in [6.07, 6.45) is 9.79. The van der Waals surface area contributed by atoms with E-state index in [1.165, 1.54) is 15.8 Å². The lowest BCUT2D eigenvalue weighted by atomic mass is 9.82. The van der Waals surface area contributed by atoms with Crippen molar-refractivity contribution in [2.75, 3.05) is 18.1 Å². The van der Waals surface area contributed by atoms with Crippen molar-refractivity contribution in [1.82, 2.24) is 24.8 Å². The third-order valence-corrected chi connectivity index (χ3v) is 12.7. The Labute approximate surface area is 293 Å². The number of carbonyl (C=O) groups is 1. The average Bonchev–Trinajstić information content (AvgIpc) is 3.72. The standard InChI is InChI=1S/C38H47FN6O4Si/c1-25(2)10-9-11-26(3)16-20-44-33-15-14-30(45-36(47)31-13-8-7-12-28(31)23-40-45)22-32(33)38(37(44)48)27(4)35(50(5,6)39)34(49-38)17-19-43-24-29(18-21-46)41-42-43/h7-8,10,12-16,22-24,27,34-35,46H,9,11,17-21H2,1-6H3/b26-16+/t27-,34+,35-,38+/m0/s1. The second-order valence-corrected chi connectivity index (χ2v) is 18.2. The first-order valence-corrected chi connectivity index (χ1v) is 20.4. The Morgan fingerprint density at radius 1 is 1.12 bits per heavy atom. The lowest BCUT2D eigenvalue weighted by molar-refractivity contribution is -0.145. The quantitative estimate of drug-likeness (QED) is 0.103. The first-order chi connectivity index (χ1) is 23.8. The molecule has 12 heteroatoms. The highest BCUT2D eigenvalue weighted by Gasteiger charge is 2.66. The minimum atomic E-state index is -3.40. The third kappa shape index (κ3) is 6.63. The van der Waals surface area contributed by atoms with Crippen LogP contribution in [0.4, 0.5) is 9.80 Å². The molecule has 0 aliphatic carbocycles. The van der Waals surface area contributed by atoms with Crippen LogP contribution in [0.3, 0.4) is 0 Å². The van der Waals surface area contributed by atoms with Gasteiger partial charge in [0, 0.05) is 54.7 Å². The molecular formula is C38H47FN6O4Si. The fourth-order valence-corrected chi connectivity index (χ4v) is 10.3. The number of hydrogen-bond donors (Lipinski definition) is 1. The largest absolute Gasteiger partial charge is 0.396 e. The fraction of sp³-hybridized carbons (Fsp3) is 0.447. The molecule has 10 nitrogen and oxygen atoms in total. The predicted molar refractivity (Wildman–Crippen MR) is 196 cm³/mol. The predicted octanol–water partition coefficient (Wildman–Crippen LogP) is 6.42. The number of hydrogen-bond acceptors (Lipinski definition) is 7. The van der Waals surface area contributed by atoms with Gasteiger partial charge in [0.1, 0.15) is 0 Å². The van der Waals surface area contributed by atoms with Gasteiger partial charge in [0.25, 0.3) is 11.5 Å². The van der Waals surface area contributed by atoms with Crippen molar-refractivity contribution >= 4 is 30.8 Å². The summed E-state index contributed by atoms with van der Waals surface area (Å²) in [7, 11) is -3.40. The zero-order valence-electron chi connectivity index (χ0n) is 29.8. The maximum absolute atomic E-state index is 16.4. The Morgan fingerprint density at radius 2 is 1.90 bits per heavy atom. The van der Waals surface area contributed by atoms with Gasteiger partial charge in [-0.2, -0.15) is 9.78 Å². The number of anilines is 1. The minimum Gasteiger partial charge on any atom is -0.396 e. The van der Waals surface area contributed by atoms with Crippen LogP contribution in [0.1, 0.15) is 58.2 Å². The van der Waals surface area contributed by atoms with Gasteiger partial charge in [0.2, 0.25) is 8.41 Å². The smallest absolute Gasteiger partial charge is 0.279 e. The van der Waals surface area contributed by atoms with Crippen LogP contribution in [0.5, 0.6) is 0 Å². The molecular weight excluding hydrogens is 652 g/mol. The van der Waals surface area contributed by atoms with Crippen molar-refractivity contribution in [3.8, 4) is 5.69 Å². The minimum absolute atomic E-state index is 0.0286. The number of rotatable bonds is 12. The van der Waals surface area contributed by atoms with Crippen molar-refractivity contribution in [1.29, 1.82) is 0 Å². The second kappa shape index (κ2) is 14.2. The molecule has 2 aromatic heterocycles. The molecule has 0 saturated carbocycles. The van der Waals surface area contributed by atoms with Gasteiger partial charge in [-0.1, -0.05) is 53.6 Å². The number of aliphatic hydroxyl groups excluding tert-OH is 1. The van der Waals surface area contributed by atoms with E-state index in [2.05, 4.69) is 48.3 Å². The van der Waals surface area contributed by atoms with Crippen LogP contribution in [0.2, 0.25) is 18.6 Å². The van der Waals surface area contributed by atoms with Gasteiger partial charge in [-0.3, -0.25) is 14.3 Å². The topological polar surface area (TPSA) is 115 Å². The summed E-state index contributed by atoms with van der Waals surface area (Å²) in [5.41, 5.74) is 2.72. The van der Waals surface area contributed by atoms with E-state index in [4.69, 9.17) is 4.74 Å². The molecule has 4 aromatic rings. The molecule has 1 spiro atoms. The van der Waals surface area contributed by atoms with Crippen LogP contribution < -0.4 is 10.5 Å². The fourth-order valence-electron chi connectivity index (χ4n) is 7.77. The molecule has 4 atom stereocenters. The van der Waals surface area contributed by atoms with E-state index in [0.29, 0.717) is 53.9 Å². The monoisotopic (exact) mass is 698 g/mol. The van der Waals surface area contributed by atoms with Crippen LogP contribution in [0.15, 0.2) is 83.0 Å². The SMILES string of the molecule is CC(C)=CCC/C(C)=C/CN1C(=O)[C@]2(O[C@H](CCn3cc(CCO)nn3)[C@@H]([Si](C)(C)F)[C@@H]2C)c2cc(-n3ncc4ccccc4c3=O)ccc21. The van der Waals surface area contributed by atoms with Crippen molar-refractivity contribution < 1.29 is 18.7 Å². The van der Waals surface area contributed by atoms with Gasteiger partial charge in [0.05, 0.1) is 34.8 Å². The van der Waals surface area contributed by atoms with E-state index in [9.17, 15) is 14.7 Å². The van der Waals surface area contributed by atoms with E-state index in [0.717, 1.165) is 18.2 Å². The number of aromatic nitrogens is 5. The van der Waals surface area contributed by atoms with Gasteiger partial charge < -0.3 is 18.9 Å². The molecule has 6 rings (SSSR count). The first kappa shape index (κ1) is 35.6. The lowest BCUT2D eigenvalue weighted by Gasteiger charge is -2.31. The normalized spacial score (nSPS) is 22.2. The maximum Gasteiger partial charge on any atom is 0.279 e. The van der Waals surface area contributed by atoms with Crippen LogP contribution in [-0.4, -0.2) is 63.5 Å². The molecule has 0 bridgehead atoms. The molecule has 0 radical (unpaired) electrons. The zero-order valence-corrected chi connectivity index (χ0v) is 30.8. The number of aliphatic hydroxyl groups is 1. The molecule has 1 fully saturated rings. The van der Waals surface area contributed by atoms with Gasteiger partial charge in [-0.15, -0.1) is 5.10 Å². The maximum atomic E-state index is 16.4. The molecule has 1 amide bonds. The van der Waals surface area contributed by atoms with Crippen molar-refractivity contribution in [3.05, 3.63) is 99.8 Å². The van der Waals surface area contributed by atoms with Gasteiger partial charge in [-0.25, -0.2) is 0 Å². The summed E-state index contributed by atoms with van der Waals surface area (Å²) < 4.78 is 26.4. The third-order valence-electron chi connectivity index (χ3n) is 10.2. The van der Waals surface area contributed by atoms with E-state index in [1.807, 2.05) is 43.3 Å². The Balaban J connectivity index is 1.42. The zero-order chi connectivity index (χ0) is 35.8. The van der Waals surface area contributed by atoms with E-state index >= 15 is 4.11 Å². The number of carbonyl (C=O) groups excluding carboxylic acids is 1. The summed E-state index contributed by atoms with van der Waals surface area (Å²) >= 11 is 0. The van der Waals surface area contributed by atoms with Crippen LogP contribution in [0.25, 0.3) is 16.5 Å². The molecule has 50 heavy (non-hydrogen) atoms. The highest BCUT2D eigenvalue weighted by Crippen LogP contribution is 2.60. The number of fused-ring (bicyclic) bond motifs is 3. The van der Waals surface area contributed by atoms with Crippen molar-refractivity contribution in [2.45, 2.75) is 90.3 Å². The van der Waals surface area contributed by atoms with Gasteiger partial charge in [0.15, 0.2) is 5.60 Å². The molecule has 2 aliphatic rings. The number of ether oxygens (including phenoxy) is 1. The summed E-state index contributed by atoms with van der Waals surface area (Å²) in [5, 5.41) is 23.4. The number of amides is 1. The Bertz CT molecular complexity index is 2010. The van der Waals surface area contributed by atoms with Crippen molar-refractivity contribution in [2.24, 2.45) is 5.92 Å². The summed E-state index contributed by atoms with van der Waals surface area (Å²) in [5.74, 6) is -0.712. The molecule has 1 saturated heterocycles. The lowest BCUT2D eigenvalue weighted by Crippen LogP contribution is -2.45. The van der Waals surface area contributed by atoms with Crippen LogP contribution in [0, 0.1) is 5.92 Å². The number of nitrogens with zero attached hydrogens (tertiary/aromatic N) is 6. The Kier molecular flexibility index (Phi) is 10.1. The molecule has 264 valence electrons. The number of aryl methyl sites for hydroxylation is 1. The summed E-state index contributed by atoms with van der Waals surface area (Å²) in [6.45, 7) is 12.3. The number of halogens is 1. The molecule has 1 N–H and O–H groups in total. The first-order valence-electron chi connectivity index (χ1n) is 17.4. The Hall–Kier alpha value is -4.26. The molecule has 0 unspecified atom stereocenters. The molecule has 4 heterocycles.